The quantitative estimate of drug-likeness (QED) is 0.208. The van der Waals surface area contributed by atoms with Gasteiger partial charge in [0.25, 0.3) is 0 Å². The summed E-state index contributed by atoms with van der Waals surface area (Å²) in [4.78, 5) is 35.6. The molecule has 3 aromatic carbocycles. The predicted molar refractivity (Wildman–Crippen MR) is 114 cm³/mol. The van der Waals surface area contributed by atoms with Crippen LogP contribution in [0.15, 0.2) is 77.9 Å². The van der Waals surface area contributed by atoms with Crippen LogP contribution in [0, 0.1) is 5.82 Å². The summed E-state index contributed by atoms with van der Waals surface area (Å²) in [6, 6.07) is 17.6. The average molecular weight is 440 g/mol. The van der Waals surface area contributed by atoms with Crippen LogP contribution in [0.25, 0.3) is 0 Å². The van der Waals surface area contributed by atoms with E-state index in [1.807, 2.05) is 0 Å². The number of rotatable bonds is 5. The second-order valence-electron chi connectivity index (χ2n) is 6.13. The maximum atomic E-state index is 12.8. The summed E-state index contributed by atoms with van der Waals surface area (Å²) in [7, 11) is 0. The number of hydrogen-bond donors (Lipinski definition) is 2. The molecule has 0 saturated heterocycles. The second kappa shape index (κ2) is 10.1. The number of esters is 1. The van der Waals surface area contributed by atoms with E-state index < -0.39 is 23.6 Å². The first kappa shape index (κ1) is 21.7. The molecule has 0 fully saturated rings. The van der Waals surface area contributed by atoms with Gasteiger partial charge in [-0.25, -0.2) is 14.6 Å². The summed E-state index contributed by atoms with van der Waals surface area (Å²) in [5, 5.41) is 6.53. The van der Waals surface area contributed by atoms with Crippen LogP contribution in [0.4, 0.5) is 10.1 Å². The maximum absolute atomic E-state index is 12.8. The van der Waals surface area contributed by atoms with Gasteiger partial charge in [0.15, 0.2) is 0 Å². The molecule has 0 heterocycles. The van der Waals surface area contributed by atoms with Crippen molar-refractivity contribution in [2.75, 3.05) is 5.32 Å². The zero-order chi connectivity index (χ0) is 22.2. The Hall–Kier alpha value is -4.04. The first-order chi connectivity index (χ1) is 14.9. The predicted octanol–water partition coefficient (Wildman–Crippen LogP) is 3.79. The Kier molecular flexibility index (Phi) is 7.08. The van der Waals surface area contributed by atoms with Crippen molar-refractivity contribution in [2.45, 2.75) is 0 Å². The summed E-state index contributed by atoms with van der Waals surface area (Å²) in [6.07, 6.45) is 1.31. The van der Waals surface area contributed by atoms with Gasteiger partial charge in [-0.2, -0.15) is 5.10 Å². The lowest BCUT2D eigenvalue weighted by Gasteiger charge is -2.05. The van der Waals surface area contributed by atoms with E-state index in [0.29, 0.717) is 21.9 Å². The number of hydrogen-bond acceptors (Lipinski definition) is 5. The number of anilines is 1. The van der Waals surface area contributed by atoms with E-state index in [2.05, 4.69) is 15.8 Å². The monoisotopic (exact) mass is 439 g/mol. The van der Waals surface area contributed by atoms with Gasteiger partial charge in [-0.3, -0.25) is 9.59 Å². The van der Waals surface area contributed by atoms with Gasteiger partial charge < -0.3 is 10.1 Å². The second-order valence-corrected chi connectivity index (χ2v) is 6.56. The van der Waals surface area contributed by atoms with Crippen LogP contribution in [0.5, 0.6) is 5.75 Å². The minimum atomic E-state index is -0.992. The van der Waals surface area contributed by atoms with Gasteiger partial charge in [0.1, 0.15) is 11.6 Å². The molecule has 0 unspecified atom stereocenters. The van der Waals surface area contributed by atoms with Crippen LogP contribution in [0.1, 0.15) is 15.9 Å². The van der Waals surface area contributed by atoms with Crippen LogP contribution in [0.2, 0.25) is 5.02 Å². The number of hydrazone groups is 1. The van der Waals surface area contributed by atoms with Crippen molar-refractivity contribution >= 4 is 41.3 Å². The smallest absolute Gasteiger partial charge is 0.343 e. The minimum Gasteiger partial charge on any atom is -0.423 e. The number of amides is 2. The molecule has 7 nitrogen and oxygen atoms in total. The van der Waals surface area contributed by atoms with Crippen molar-refractivity contribution in [2.24, 2.45) is 5.10 Å². The molecule has 0 aliphatic rings. The Labute approximate surface area is 181 Å². The molecule has 2 amide bonds. The standard InChI is InChI=1S/C22H15ClFN3O4/c23-16-5-3-15(4-6-16)22(30)31-19-11-1-14(2-12-19)13-25-27-21(29)20(28)26-18-9-7-17(24)8-10-18/h1-13H,(H,26,28)(H,27,29)/b25-13+. The molecule has 0 radical (unpaired) electrons. The molecule has 0 aromatic heterocycles. The summed E-state index contributed by atoms with van der Waals surface area (Å²) in [5.41, 5.74) is 3.30. The fourth-order valence-corrected chi connectivity index (χ4v) is 2.44. The first-order valence-corrected chi connectivity index (χ1v) is 9.26. The van der Waals surface area contributed by atoms with Crippen molar-refractivity contribution in [1.82, 2.24) is 5.43 Å². The average Bonchev–Trinajstić information content (AvgIpc) is 2.77. The molecule has 0 atom stereocenters. The zero-order valence-electron chi connectivity index (χ0n) is 15.8. The molecule has 3 rings (SSSR count). The van der Waals surface area contributed by atoms with Crippen molar-refractivity contribution < 1.29 is 23.5 Å². The molecule has 31 heavy (non-hydrogen) atoms. The molecule has 0 aliphatic carbocycles. The van der Waals surface area contributed by atoms with Crippen molar-refractivity contribution in [3.05, 3.63) is 94.8 Å². The topological polar surface area (TPSA) is 96.9 Å². The number of ether oxygens (including phenoxy) is 1. The third-order valence-electron chi connectivity index (χ3n) is 3.86. The van der Waals surface area contributed by atoms with Crippen molar-refractivity contribution in [1.29, 1.82) is 0 Å². The molecular weight excluding hydrogens is 425 g/mol. The highest BCUT2D eigenvalue weighted by Gasteiger charge is 2.13. The van der Waals surface area contributed by atoms with E-state index in [0.717, 1.165) is 12.1 Å². The fraction of sp³-hybridized carbons (Fsp3) is 0. The molecule has 156 valence electrons. The Morgan fingerprint density at radius 1 is 0.871 bits per heavy atom. The Morgan fingerprint density at radius 3 is 2.16 bits per heavy atom. The summed E-state index contributed by atoms with van der Waals surface area (Å²) < 4.78 is 18.1. The highest BCUT2D eigenvalue weighted by molar-refractivity contribution is 6.39. The van der Waals surface area contributed by atoms with Gasteiger partial charge in [0, 0.05) is 10.7 Å². The van der Waals surface area contributed by atoms with Gasteiger partial charge in [-0.1, -0.05) is 11.6 Å². The van der Waals surface area contributed by atoms with Gasteiger partial charge in [-0.05, 0) is 78.4 Å². The molecule has 0 bridgehead atoms. The normalized spacial score (nSPS) is 10.5. The Morgan fingerprint density at radius 2 is 1.52 bits per heavy atom. The van der Waals surface area contributed by atoms with E-state index in [1.165, 1.54) is 18.3 Å². The van der Waals surface area contributed by atoms with E-state index in [4.69, 9.17) is 16.3 Å². The third kappa shape index (κ3) is 6.48. The highest BCUT2D eigenvalue weighted by Crippen LogP contribution is 2.15. The number of nitrogens with one attached hydrogen (secondary N) is 2. The van der Waals surface area contributed by atoms with Crippen LogP contribution in [-0.4, -0.2) is 24.0 Å². The SMILES string of the molecule is O=C(N/N=C/c1ccc(OC(=O)c2ccc(Cl)cc2)cc1)C(=O)Nc1ccc(F)cc1. The van der Waals surface area contributed by atoms with Crippen molar-refractivity contribution in [3.63, 3.8) is 0 Å². The van der Waals surface area contributed by atoms with E-state index >= 15 is 0 Å². The number of halogens is 2. The molecule has 0 spiro atoms. The van der Waals surface area contributed by atoms with Crippen LogP contribution < -0.4 is 15.5 Å². The fourth-order valence-electron chi connectivity index (χ4n) is 2.31. The Bertz CT molecular complexity index is 1120. The summed E-state index contributed by atoms with van der Waals surface area (Å²) in [6.45, 7) is 0. The van der Waals surface area contributed by atoms with Crippen LogP contribution in [0.3, 0.4) is 0 Å². The van der Waals surface area contributed by atoms with Crippen LogP contribution in [-0.2, 0) is 9.59 Å². The lowest BCUT2D eigenvalue weighted by atomic mass is 10.2. The minimum absolute atomic E-state index is 0.272. The van der Waals surface area contributed by atoms with E-state index in [-0.39, 0.29) is 5.69 Å². The number of nitrogens with zero attached hydrogens (tertiary/aromatic N) is 1. The van der Waals surface area contributed by atoms with Gasteiger partial charge in [0.2, 0.25) is 0 Å². The molecule has 9 heteroatoms. The van der Waals surface area contributed by atoms with Gasteiger partial charge in [-0.15, -0.1) is 0 Å². The first-order valence-electron chi connectivity index (χ1n) is 8.88. The summed E-state index contributed by atoms with van der Waals surface area (Å²) >= 11 is 5.79. The lowest BCUT2D eigenvalue weighted by Crippen LogP contribution is -2.32. The molecule has 3 aromatic rings. The van der Waals surface area contributed by atoms with E-state index in [1.54, 1.807) is 48.5 Å². The van der Waals surface area contributed by atoms with Crippen LogP contribution >= 0.6 is 11.6 Å². The van der Waals surface area contributed by atoms with Gasteiger partial charge in [0.05, 0.1) is 11.8 Å². The highest BCUT2D eigenvalue weighted by atomic mass is 35.5. The van der Waals surface area contributed by atoms with Crippen molar-refractivity contribution in [3.8, 4) is 5.75 Å². The third-order valence-corrected chi connectivity index (χ3v) is 4.11. The lowest BCUT2D eigenvalue weighted by molar-refractivity contribution is -0.136. The number of benzene rings is 3. The van der Waals surface area contributed by atoms with E-state index in [9.17, 15) is 18.8 Å². The summed E-state index contributed by atoms with van der Waals surface area (Å²) in [5.74, 6) is -2.61. The number of carbonyl (C=O) groups excluding carboxylic acids is 3. The largest absolute Gasteiger partial charge is 0.423 e. The van der Waals surface area contributed by atoms with Gasteiger partial charge >= 0.3 is 17.8 Å². The Balaban J connectivity index is 1.50. The molecule has 2 N–H and O–H groups in total. The molecular formula is C22H15ClFN3O4. The zero-order valence-corrected chi connectivity index (χ0v) is 16.6. The maximum Gasteiger partial charge on any atom is 0.343 e. The molecule has 0 saturated carbocycles. The molecule has 0 aliphatic heterocycles. The number of carbonyl (C=O) groups is 3.